The predicted octanol–water partition coefficient (Wildman–Crippen LogP) is 3.65. The number of ether oxygens (including phenoxy) is 1. The predicted molar refractivity (Wildman–Crippen MR) is 79.1 cm³/mol. The van der Waals surface area contributed by atoms with Crippen LogP contribution in [0.3, 0.4) is 0 Å². The van der Waals surface area contributed by atoms with Crippen LogP contribution >= 0.6 is 23.2 Å². The second-order valence-electron chi connectivity index (χ2n) is 5.85. The van der Waals surface area contributed by atoms with Gasteiger partial charge in [-0.2, -0.15) is 0 Å². The van der Waals surface area contributed by atoms with Gasteiger partial charge >= 0.3 is 0 Å². The van der Waals surface area contributed by atoms with Crippen molar-refractivity contribution in [3.8, 4) is 0 Å². The van der Waals surface area contributed by atoms with Crippen LogP contribution in [0.15, 0.2) is 18.2 Å². The van der Waals surface area contributed by atoms with Crippen LogP contribution in [0, 0.1) is 5.41 Å². The average molecular weight is 300 g/mol. The molecular formula is C15H19Cl2NO. The number of hydrogen-bond acceptors (Lipinski definition) is 2. The molecule has 2 nitrogen and oxygen atoms in total. The first-order valence-electron chi connectivity index (χ1n) is 6.75. The van der Waals surface area contributed by atoms with E-state index in [-0.39, 0.29) is 16.9 Å². The molecule has 0 bridgehead atoms. The minimum atomic E-state index is 0.206. The Morgan fingerprint density at radius 3 is 2.79 bits per heavy atom. The molecule has 2 aliphatic rings. The molecule has 0 radical (unpaired) electrons. The third kappa shape index (κ3) is 1.84. The summed E-state index contributed by atoms with van der Waals surface area (Å²) in [5.74, 6) is 0. The lowest BCUT2D eigenvalue weighted by Gasteiger charge is -2.35. The van der Waals surface area contributed by atoms with Crippen LogP contribution in [-0.4, -0.2) is 26.3 Å². The number of methoxy groups -OCH3 is 1. The summed E-state index contributed by atoms with van der Waals surface area (Å²) in [4.78, 5) is 0. The first-order valence-corrected chi connectivity index (χ1v) is 7.50. The van der Waals surface area contributed by atoms with Crippen molar-refractivity contribution in [1.82, 2.24) is 5.32 Å². The van der Waals surface area contributed by atoms with E-state index in [9.17, 15) is 0 Å². The van der Waals surface area contributed by atoms with Gasteiger partial charge in [0.25, 0.3) is 0 Å². The van der Waals surface area contributed by atoms with Crippen molar-refractivity contribution >= 4 is 23.2 Å². The number of rotatable bonds is 3. The smallest absolute Gasteiger partial charge is 0.0620 e. The molecule has 1 aliphatic heterocycles. The average Bonchev–Trinajstić information content (AvgIpc) is 3.13. The van der Waals surface area contributed by atoms with Crippen molar-refractivity contribution in [2.45, 2.75) is 31.3 Å². The van der Waals surface area contributed by atoms with Crippen molar-refractivity contribution in [1.29, 1.82) is 0 Å². The molecule has 0 spiro atoms. The van der Waals surface area contributed by atoms with E-state index < -0.39 is 0 Å². The lowest BCUT2D eigenvalue weighted by Crippen LogP contribution is -2.44. The van der Waals surface area contributed by atoms with Gasteiger partial charge in [-0.1, -0.05) is 29.3 Å². The Labute approximate surface area is 124 Å². The van der Waals surface area contributed by atoms with Crippen LogP contribution < -0.4 is 5.32 Å². The third-order valence-electron chi connectivity index (χ3n) is 5.22. The lowest BCUT2D eigenvalue weighted by atomic mass is 9.78. The van der Waals surface area contributed by atoms with Crippen molar-refractivity contribution in [2.24, 2.45) is 5.41 Å². The molecular weight excluding hydrogens is 281 g/mol. The normalized spacial score (nSPS) is 34.7. The molecule has 1 heterocycles. The van der Waals surface area contributed by atoms with Crippen LogP contribution in [0.2, 0.25) is 10.0 Å². The Bertz CT molecular complexity index is 507. The molecule has 1 unspecified atom stereocenters. The Morgan fingerprint density at radius 2 is 2.11 bits per heavy atom. The second kappa shape index (κ2) is 4.63. The van der Waals surface area contributed by atoms with E-state index >= 15 is 0 Å². The van der Waals surface area contributed by atoms with E-state index in [1.165, 1.54) is 12.0 Å². The fourth-order valence-corrected chi connectivity index (χ4v) is 4.20. The monoisotopic (exact) mass is 299 g/mol. The highest BCUT2D eigenvalue weighted by atomic mass is 35.5. The Morgan fingerprint density at radius 1 is 1.32 bits per heavy atom. The number of hydrogen-bond donors (Lipinski definition) is 1. The van der Waals surface area contributed by atoms with Gasteiger partial charge in [-0.3, -0.25) is 0 Å². The zero-order chi connectivity index (χ0) is 13.7. The summed E-state index contributed by atoms with van der Waals surface area (Å²) in [6, 6.07) is 6.08. The largest absolute Gasteiger partial charge is 0.381 e. The summed E-state index contributed by atoms with van der Waals surface area (Å²) < 4.78 is 5.64. The molecule has 4 heteroatoms. The van der Waals surface area contributed by atoms with E-state index in [1.807, 2.05) is 12.1 Å². The first kappa shape index (κ1) is 13.7. The van der Waals surface area contributed by atoms with Crippen molar-refractivity contribution < 1.29 is 4.74 Å². The number of fused-ring (bicyclic) bond motifs is 1. The van der Waals surface area contributed by atoms with Gasteiger partial charge in [-0.15, -0.1) is 0 Å². The fraction of sp³-hybridized carbons (Fsp3) is 0.600. The van der Waals surface area contributed by atoms with Gasteiger partial charge in [0.05, 0.1) is 16.1 Å². The van der Waals surface area contributed by atoms with Gasteiger partial charge in [0, 0.05) is 24.5 Å². The molecule has 1 aromatic carbocycles. The Hall–Kier alpha value is -0.280. The van der Waals surface area contributed by atoms with Crippen LogP contribution in [-0.2, 0) is 10.2 Å². The van der Waals surface area contributed by atoms with Crippen LogP contribution in [0.5, 0.6) is 0 Å². The maximum absolute atomic E-state index is 6.19. The minimum absolute atomic E-state index is 0.206. The van der Waals surface area contributed by atoms with E-state index in [4.69, 9.17) is 27.9 Å². The van der Waals surface area contributed by atoms with Crippen LogP contribution in [0.25, 0.3) is 0 Å². The molecule has 1 aliphatic carbocycles. The topological polar surface area (TPSA) is 21.3 Å². The molecule has 19 heavy (non-hydrogen) atoms. The number of piperidine rings is 1. The second-order valence-corrected chi connectivity index (χ2v) is 6.66. The summed E-state index contributed by atoms with van der Waals surface area (Å²) in [7, 11) is 1.80. The van der Waals surface area contributed by atoms with Gasteiger partial charge in [-0.25, -0.2) is 0 Å². The summed E-state index contributed by atoms with van der Waals surface area (Å²) in [5.41, 5.74) is 1.73. The van der Waals surface area contributed by atoms with Gasteiger partial charge in [0.15, 0.2) is 0 Å². The van der Waals surface area contributed by atoms with Gasteiger partial charge in [-0.05, 0) is 44.0 Å². The zero-order valence-corrected chi connectivity index (χ0v) is 12.8. The fourth-order valence-electron chi connectivity index (χ4n) is 3.91. The van der Waals surface area contributed by atoms with Gasteiger partial charge in [0.1, 0.15) is 0 Å². The molecule has 0 amide bonds. The van der Waals surface area contributed by atoms with Gasteiger partial charge < -0.3 is 10.1 Å². The van der Waals surface area contributed by atoms with E-state index in [1.54, 1.807) is 7.11 Å². The molecule has 1 aromatic rings. The highest BCUT2D eigenvalue weighted by Gasteiger charge is 2.71. The molecule has 3 rings (SSSR count). The first-order chi connectivity index (χ1) is 9.06. The summed E-state index contributed by atoms with van der Waals surface area (Å²) in [5, 5.41) is 4.79. The Balaban J connectivity index is 2.00. The molecule has 1 saturated carbocycles. The highest BCUT2D eigenvalue weighted by Crippen LogP contribution is 2.69. The lowest BCUT2D eigenvalue weighted by molar-refractivity contribution is 0.0353. The Kier molecular flexibility index (Phi) is 3.33. The number of halogens is 2. The van der Waals surface area contributed by atoms with Crippen LogP contribution in [0.4, 0.5) is 0 Å². The summed E-state index contributed by atoms with van der Waals surface area (Å²) in [6.45, 7) is 4.24. The molecule has 3 atom stereocenters. The van der Waals surface area contributed by atoms with E-state index in [2.05, 4.69) is 18.3 Å². The van der Waals surface area contributed by atoms with E-state index in [0.717, 1.165) is 19.5 Å². The molecule has 1 N–H and O–H groups in total. The summed E-state index contributed by atoms with van der Waals surface area (Å²) in [6.07, 6.45) is 2.55. The quantitative estimate of drug-likeness (QED) is 0.920. The summed E-state index contributed by atoms with van der Waals surface area (Å²) >= 11 is 12.2. The minimum Gasteiger partial charge on any atom is -0.381 e. The third-order valence-corrected chi connectivity index (χ3v) is 5.96. The van der Waals surface area contributed by atoms with Crippen molar-refractivity contribution in [2.75, 3.05) is 20.2 Å². The van der Waals surface area contributed by atoms with Gasteiger partial charge in [0.2, 0.25) is 0 Å². The van der Waals surface area contributed by atoms with Crippen molar-refractivity contribution in [3.05, 3.63) is 33.8 Å². The highest BCUT2D eigenvalue weighted by molar-refractivity contribution is 6.42. The molecule has 1 saturated heterocycles. The molecule has 104 valence electrons. The number of nitrogens with one attached hydrogen (secondary N) is 1. The zero-order valence-electron chi connectivity index (χ0n) is 11.3. The molecule has 2 fully saturated rings. The standard InChI is InChI=1S/C15H19Cl2NO/c1-10(19-2)15-8-14(15,5-6-18-9-15)11-3-4-12(16)13(17)7-11/h3-4,7,10,18H,5-6,8-9H2,1-2H3/t10?,14-,15-/m1/s1. The maximum atomic E-state index is 6.19. The van der Waals surface area contributed by atoms with Crippen LogP contribution in [0.1, 0.15) is 25.3 Å². The van der Waals surface area contributed by atoms with E-state index in [0.29, 0.717) is 10.0 Å². The number of benzene rings is 1. The SMILES string of the molecule is COC(C)[C@@]12CNCC[C@]1(c1ccc(Cl)c(Cl)c1)C2. The van der Waals surface area contributed by atoms with Crippen molar-refractivity contribution in [3.63, 3.8) is 0 Å². The molecule has 0 aromatic heterocycles. The maximum Gasteiger partial charge on any atom is 0.0620 e.